The van der Waals surface area contributed by atoms with Gasteiger partial charge in [-0.3, -0.25) is 0 Å². The highest BCUT2D eigenvalue weighted by molar-refractivity contribution is 6.28. The summed E-state index contributed by atoms with van der Waals surface area (Å²) in [7, 11) is 0. The van der Waals surface area contributed by atoms with E-state index < -0.39 is 0 Å². The Morgan fingerprint density at radius 1 is 0.283 bits per heavy atom. The van der Waals surface area contributed by atoms with Crippen LogP contribution in [0.2, 0.25) is 0 Å². The van der Waals surface area contributed by atoms with Crippen LogP contribution in [0.25, 0.3) is 87.7 Å². The zero-order valence-corrected chi connectivity index (χ0v) is 25.1. The molecule has 2 aromatic heterocycles. The Hall–Kier alpha value is -6.12. The van der Waals surface area contributed by atoms with E-state index >= 15 is 0 Å². The second-order valence-corrected chi connectivity index (χ2v) is 12.2. The Labute approximate surface area is 266 Å². The number of fused-ring (bicyclic) bond motifs is 10. The highest BCUT2D eigenvalue weighted by atomic mass is 15.0. The number of para-hydroxylation sites is 2. The molecule has 2 heterocycles. The Bertz CT molecular complexity index is 2690. The highest BCUT2D eigenvalue weighted by Gasteiger charge is 2.18. The van der Waals surface area contributed by atoms with Gasteiger partial charge in [0, 0.05) is 32.9 Å². The molecule has 2 nitrogen and oxygen atoms in total. The lowest BCUT2D eigenvalue weighted by Crippen LogP contribution is -1.94. The third-order valence-corrected chi connectivity index (χ3v) is 9.69. The normalized spacial score (nSPS) is 11.9. The summed E-state index contributed by atoms with van der Waals surface area (Å²) in [6, 6.07) is 61.9. The van der Waals surface area contributed by atoms with E-state index in [0.717, 1.165) is 5.69 Å². The van der Waals surface area contributed by atoms with Crippen LogP contribution in [0.5, 0.6) is 0 Å². The van der Waals surface area contributed by atoms with Gasteiger partial charge < -0.3 is 9.13 Å². The summed E-state index contributed by atoms with van der Waals surface area (Å²) in [5.74, 6) is 0. The van der Waals surface area contributed by atoms with E-state index in [4.69, 9.17) is 0 Å². The maximum atomic E-state index is 2.43. The fourth-order valence-corrected chi connectivity index (χ4v) is 7.64. The van der Waals surface area contributed by atoms with Crippen LogP contribution in [-0.2, 0) is 0 Å². The van der Waals surface area contributed by atoms with Crippen LogP contribution in [0.1, 0.15) is 0 Å². The van der Waals surface area contributed by atoms with Crippen molar-refractivity contribution in [1.82, 2.24) is 9.13 Å². The van der Waals surface area contributed by atoms with Crippen LogP contribution in [0.3, 0.4) is 0 Å². The Morgan fingerprint density at radius 2 is 0.761 bits per heavy atom. The van der Waals surface area contributed by atoms with Crippen molar-refractivity contribution in [1.29, 1.82) is 0 Å². The maximum Gasteiger partial charge on any atom is 0.0547 e. The fraction of sp³-hybridized carbons (Fsp3) is 0. The summed E-state index contributed by atoms with van der Waals surface area (Å²) in [6.07, 6.45) is 0. The van der Waals surface area contributed by atoms with Gasteiger partial charge in [-0.05, 0) is 87.3 Å². The van der Waals surface area contributed by atoms with Crippen molar-refractivity contribution < 1.29 is 0 Å². The molecule has 0 aliphatic heterocycles. The van der Waals surface area contributed by atoms with Crippen molar-refractivity contribution in [3.05, 3.63) is 170 Å². The molecule has 0 saturated heterocycles. The fourth-order valence-electron chi connectivity index (χ4n) is 7.64. The number of benzene rings is 8. The minimum Gasteiger partial charge on any atom is -0.309 e. The van der Waals surface area contributed by atoms with E-state index in [9.17, 15) is 0 Å². The standard InChI is InChI=1S/C44H28N2/c1-2-12-33(13-3-1)45-39-17-9-8-16-37(39)38-28-32(22-25-40(38)45)29-18-23-34(24-19-29)46-41-26-20-30-10-4-6-14-35(30)43(41)44-36-15-7-5-11-31(36)21-27-42(44)46/h1-28H. The monoisotopic (exact) mass is 584 g/mol. The van der Waals surface area contributed by atoms with Crippen molar-refractivity contribution in [2.24, 2.45) is 0 Å². The van der Waals surface area contributed by atoms with Gasteiger partial charge in [-0.1, -0.05) is 115 Å². The molecule has 214 valence electrons. The van der Waals surface area contributed by atoms with Gasteiger partial charge in [-0.15, -0.1) is 0 Å². The number of hydrogen-bond acceptors (Lipinski definition) is 0. The molecular formula is C44H28N2. The van der Waals surface area contributed by atoms with Crippen molar-refractivity contribution >= 4 is 65.2 Å². The Balaban J connectivity index is 1.16. The Morgan fingerprint density at radius 3 is 1.43 bits per heavy atom. The highest BCUT2D eigenvalue weighted by Crippen LogP contribution is 2.41. The second kappa shape index (κ2) is 9.69. The maximum absolute atomic E-state index is 2.43. The first-order valence-corrected chi connectivity index (χ1v) is 15.9. The van der Waals surface area contributed by atoms with Crippen molar-refractivity contribution in [2.45, 2.75) is 0 Å². The van der Waals surface area contributed by atoms with Gasteiger partial charge in [-0.2, -0.15) is 0 Å². The van der Waals surface area contributed by atoms with Crippen LogP contribution in [0.4, 0.5) is 0 Å². The number of aromatic nitrogens is 2. The van der Waals surface area contributed by atoms with Gasteiger partial charge in [0.2, 0.25) is 0 Å². The molecule has 10 aromatic rings. The molecule has 10 rings (SSSR count). The number of hydrogen-bond donors (Lipinski definition) is 0. The van der Waals surface area contributed by atoms with E-state index in [0.29, 0.717) is 0 Å². The molecule has 46 heavy (non-hydrogen) atoms. The summed E-state index contributed by atoms with van der Waals surface area (Å²) < 4.78 is 4.80. The van der Waals surface area contributed by atoms with E-state index in [-0.39, 0.29) is 0 Å². The topological polar surface area (TPSA) is 9.86 Å². The van der Waals surface area contributed by atoms with Crippen LogP contribution in [-0.4, -0.2) is 9.13 Å². The lowest BCUT2D eigenvalue weighted by Gasteiger charge is -2.11. The largest absolute Gasteiger partial charge is 0.309 e. The summed E-state index contributed by atoms with van der Waals surface area (Å²) in [5.41, 5.74) is 9.67. The van der Waals surface area contributed by atoms with E-state index in [1.54, 1.807) is 0 Å². The molecule has 0 radical (unpaired) electrons. The third-order valence-electron chi connectivity index (χ3n) is 9.69. The van der Waals surface area contributed by atoms with Gasteiger partial charge >= 0.3 is 0 Å². The number of nitrogens with zero attached hydrogens (tertiary/aromatic N) is 2. The van der Waals surface area contributed by atoms with Crippen molar-refractivity contribution in [3.63, 3.8) is 0 Å². The first-order valence-electron chi connectivity index (χ1n) is 15.9. The molecule has 0 N–H and O–H groups in total. The smallest absolute Gasteiger partial charge is 0.0547 e. The van der Waals surface area contributed by atoms with Crippen molar-refractivity contribution in [3.8, 4) is 22.5 Å². The van der Waals surface area contributed by atoms with E-state index in [1.807, 2.05) is 0 Å². The average Bonchev–Trinajstić information content (AvgIpc) is 3.65. The molecule has 0 bridgehead atoms. The molecule has 0 atom stereocenters. The molecule has 2 heteroatoms. The molecule has 0 aliphatic rings. The molecule has 0 aliphatic carbocycles. The molecule has 0 fully saturated rings. The van der Waals surface area contributed by atoms with Crippen LogP contribution in [0, 0.1) is 0 Å². The predicted octanol–water partition coefficient (Wildman–Crippen LogP) is 11.9. The first kappa shape index (κ1) is 25.2. The van der Waals surface area contributed by atoms with Gasteiger partial charge in [0.05, 0.1) is 22.1 Å². The average molecular weight is 585 g/mol. The summed E-state index contributed by atoms with van der Waals surface area (Å²) >= 11 is 0. The molecule has 0 amide bonds. The molecular weight excluding hydrogens is 556 g/mol. The van der Waals surface area contributed by atoms with Crippen LogP contribution >= 0.6 is 0 Å². The second-order valence-electron chi connectivity index (χ2n) is 12.2. The van der Waals surface area contributed by atoms with Crippen LogP contribution < -0.4 is 0 Å². The van der Waals surface area contributed by atoms with Crippen molar-refractivity contribution in [2.75, 3.05) is 0 Å². The molecule has 0 saturated carbocycles. The quantitative estimate of drug-likeness (QED) is 0.195. The van der Waals surface area contributed by atoms with E-state index in [2.05, 4.69) is 179 Å². The predicted molar refractivity (Wildman–Crippen MR) is 196 cm³/mol. The minimum absolute atomic E-state index is 1.16. The summed E-state index contributed by atoms with van der Waals surface area (Å²) in [4.78, 5) is 0. The lowest BCUT2D eigenvalue weighted by atomic mass is 10.00. The zero-order chi connectivity index (χ0) is 30.2. The SMILES string of the molecule is c1ccc(-n2c3ccccc3c3cc(-c4ccc(-n5c6ccc7ccccc7c6c6c7ccccc7ccc65)cc4)ccc32)cc1. The molecule has 0 spiro atoms. The number of rotatable bonds is 3. The summed E-state index contributed by atoms with van der Waals surface area (Å²) in [6.45, 7) is 0. The molecule has 0 unspecified atom stereocenters. The zero-order valence-electron chi connectivity index (χ0n) is 25.1. The summed E-state index contributed by atoms with van der Waals surface area (Å²) in [5, 5.41) is 10.3. The lowest BCUT2D eigenvalue weighted by molar-refractivity contribution is 1.18. The van der Waals surface area contributed by atoms with E-state index in [1.165, 1.54) is 82.0 Å². The van der Waals surface area contributed by atoms with Gasteiger partial charge in [-0.25, -0.2) is 0 Å². The van der Waals surface area contributed by atoms with Gasteiger partial charge in [0.25, 0.3) is 0 Å². The van der Waals surface area contributed by atoms with Gasteiger partial charge in [0.1, 0.15) is 0 Å². The third kappa shape index (κ3) is 3.59. The Kier molecular flexibility index (Phi) is 5.31. The first-order chi connectivity index (χ1) is 22.8. The van der Waals surface area contributed by atoms with Crippen LogP contribution in [0.15, 0.2) is 170 Å². The minimum atomic E-state index is 1.16. The molecule has 8 aromatic carbocycles. The van der Waals surface area contributed by atoms with Gasteiger partial charge in [0.15, 0.2) is 0 Å².